The zero-order valence-electron chi connectivity index (χ0n) is 34.8. The average Bonchev–Trinajstić information content (AvgIpc) is 3.35. The van der Waals surface area contributed by atoms with Crippen LogP contribution >= 0.6 is 0 Å². The van der Waals surface area contributed by atoms with E-state index >= 15 is 0 Å². The minimum atomic E-state index is -2.59. The topological polar surface area (TPSA) is 9.23 Å². The maximum absolute atomic E-state index is 7.61. The van der Waals surface area contributed by atoms with Gasteiger partial charge in [0.05, 0.1) is 0 Å². The molecule has 3 heteroatoms. The first-order valence-electron chi connectivity index (χ1n) is 20.3. The Morgan fingerprint density at radius 2 is 1.00 bits per heavy atom. The summed E-state index contributed by atoms with van der Waals surface area (Å²) in [5.74, 6) is 1.72. The Bertz CT molecular complexity index is 1610. The molecule has 0 radical (unpaired) electrons. The molecule has 0 saturated heterocycles. The number of hydrogen-bond acceptors (Lipinski definition) is 1. The van der Waals surface area contributed by atoms with Gasteiger partial charge in [0.1, 0.15) is 8.07 Å². The molecule has 1 nitrogen and oxygen atoms in total. The van der Waals surface area contributed by atoms with E-state index < -0.39 is 16.4 Å². The fourth-order valence-electron chi connectivity index (χ4n) is 11.0. The summed E-state index contributed by atoms with van der Waals surface area (Å²) >= 11 is 0. The van der Waals surface area contributed by atoms with Gasteiger partial charge in [-0.2, -0.15) is 0 Å². The summed E-state index contributed by atoms with van der Waals surface area (Å²) < 4.78 is 7.61. The second-order valence-corrected chi connectivity index (χ2v) is 28.8. The zero-order chi connectivity index (χ0) is 38.0. The van der Waals surface area contributed by atoms with Crippen LogP contribution in [0.15, 0.2) is 121 Å². The third-order valence-electron chi connectivity index (χ3n) is 14.4. The SMILES string of the molecule is CC(C)C(CCC(C)C1(C)CCC(CO[Si](c2ccccc2)(c2ccccc2)C(C)(C)C)C1(C)C)[Si](c1ccccc1)(c1ccccc1)C(C)(C)C. The Morgan fingerprint density at radius 3 is 1.37 bits per heavy atom. The predicted molar refractivity (Wildman–Crippen MR) is 233 cm³/mol. The summed E-state index contributed by atoms with van der Waals surface area (Å²) in [6, 6.07) is 45.7. The van der Waals surface area contributed by atoms with Crippen LogP contribution < -0.4 is 20.7 Å². The molecule has 0 bridgehead atoms. The molecule has 4 aromatic carbocycles. The predicted octanol–water partition coefficient (Wildman–Crippen LogP) is 11.5. The molecule has 1 aliphatic rings. The molecule has 4 atom stereocenters. The molecule has 5 rings (SSSR count). The van der Waals surface area contributed by atoms with Crippen LogP contribution in [0.3, 0.4) is 0 Å². The summed E-state index contributed by atoms with van der Waals surface area (Å²) in [5, 5.41) is 6.09. The standard InChI is InChI=1S/C49H70OSi2/c1-38(2)45(51(46(4,5)6,41-25-17-13-18-26-41)42-27-19-14-20-28-42)34-33-39(3)49(12)36-35-40(48(49,10)11)37-50-52(47(7,8)9,43-29-21-15-22-30-43)44-31-23-16-24-32-44/h13-32,38-40,45H,33-37H2,1-12H3. The van der Waals surface area contributed by atoms with Crippen LogP contribution in [-0.4, -0.2) is 23.0 Å². The van der Waals surface area contributed by atoms with Gasteiger partial charge in [-0.25, -0.2) is 0 Å². The monoisotopic (exact) mass is 730 g/mol. The molecule has 1 saturated carbocycles. The maximum atomic E-state index is 7.61. The fourth-order valence-corrected chi connectivity index (χ4v) is 22.7. The molecular weight excluding hydrogens is 661 g/mol. The smallest absolute Gasteiger partial charge is 0.261 e. The Kier molecular flexibility index (Phi) is 12.1. The number of benzene rings is 4. The van der Waals surface area contributed by atoms with Crippen LogP contribution in [0.4, 0.5) is 0 Å². The van der Waals surface area contributed by atoms with Gasteiger partial charge < -0.3 is 4.43 Å². The summed E-state index contributed by atoms with van der Waals surface area (Å²) in [6.45, 7) is 31.1. The van der Waals surface area contributed by atoms with Gasteiger partial charge >= 0.3 is 0 Å². The van der Waals surface area contributed by atoms with Crippen LogP contribution in [0.2, 0.25) is 15.6 Å². The van der Waals surface area contributed by atoms with Gasteiger partial charge in [0.2, 0.25) is 0 Å². The van der Waals surface area contributed by atoms with E-state index in [-0.39, 0.29) is 20.9 Å². The van der Waals surface area contributed by atoms with Crippen LogP contribution in [-0.2, 0) is 4.43 Å². The first-order chi connectivity index (χ1) is 24.4. The lowest BCUT2D eigenvalue weighted by Crippen LogP contribution is -2.68. The summed E-state index contributed by atoms with van der Waals surface area (Å²) in [4.78, 5) is 0. The Balaban J connectivity index is 1.44. The van der Waals surface area contributed by atoms with E-state index in [2.05, 4.69) is 204 Å². The quantitative estimate of drug-likeness (QED) is 0.124. The van der Waals surface area contributed by atoms with Crippen molar-refractivity contribution in [2.24, 2.45) is 28.6 Å². The zero-order valence-corrected chi connectivity index (χ0v) is 36.8. The lowest BCUT2D eigenvalue weighted by atomic mass is 9.59. The van der Waals surface area contributed by atoms with E-state index in [9.17, 15) is 0 Å². The minimum Gasteiger partial charge on any atom is -0.407 e. The molecule has 0 spiro atoms. The van der Waals surface area contributed by atoms with Crippen molar-refractivity contribution in [2.45, 2.75) is 124 Å². The van der Waals surface area contributed by atoms with E-state index in [1.54, 1.807) is 10.4 Å². The molecule has 1 aliphatic carbocycles. The van der Waals surface area contributed by atoms with Crippen molar-refractivity contribution < 1.29 is 4.43 Å². The number of rotatable bonds is 13. The van der Waals surface area contributed by atoms with Crippen LogP contribution in [0.1, 0.15) is 109 Å². The van der Waals surface area contributed by atoms with Crippen LogP contribution in [0.5, 0.6) is 0 Å². The first kappa shape index (κ1) is 40.5. The molecular formula is C49H70OSi2. The highest BCUT2D eigenvalue weighted by molar-refractivity contribution is 7.05. The third-order valence-corrected chi connectivity index (χ3v) is 26.3. The van der Waals surface area contributed by atoms with Crippen LogP contribution in [0, 0.1) is 28.6 Å². The van der Waals surface area contributed by atoms with E-state index in [0.717, 1.165) is 6.61 Å². The van der Waals surface area contributed by atoms with Crippen molar-refractivity contribution in [2.75, 3.05) is 6.61 Å². The molecule has 1 fully saturated rings. The van der Waals surface area contributed by atoms with Crippen molar-refractivity contribution in [3.8, 4) is 0 Å². The van der Waals surface area contributed by atoms with Crippen molar-refractivity contribution >= 4 is 37.1 Å². The first-order valence-corrected chi connectivity index (χ1v) is 24.3. The van der Waals surface area contributed by atoms with Crippen molar-refractivity contribution in [1.82, 2.24) is 0 Å². The fraction of sp³-hybridized carbons (Fsp3) is 0.510. The van der Waals surface area contributed by atoms with E-state index in [4.69, 9.17) is 4.43 Å². The Labute approximate surface area is 321 Å². The third kappa shape index (κ3) is 7.12. The normalized spacial score (nSPS) is 20.9. The van der Waals surface area contributed by atoms with Gasteiger partial charge in [-0.05, 0) is 67.4 Å². The van der Waals surface area contributed by atoms with Crippen molar-refractivity contribution in [1.29, 1.82) is 0 Å². The molecule has 0 aliphatic heterocycles. The average molecular weight is 731 g/mol. The molecule has 0 heterocycles. The highest BCUT2D eigenvalue weighted by Crippen LogP contribution is 2.61. The van der Waals surface area contributed by atoms with Gasteiger partial charge in [0, 0.05) is 6.61 Å². The molecule has 0 amide bonds. The summed E-state index contributed by atoms with van der Waals surface area (Å²) in [5.41, 5.74) is 1.02. The summed E-state index contributed by atoms with van der Waals surface area (Å²) in [6.07, 6.45) is 5.02. The van der Waals surface area contributed by atoms with E-state index in [1.807, 2.05) is 0 Å². The van der Waals surface area contributed by atoms with E-state index in [1.165, 1.54) is 36.1 Å². The molecule has 280 valence electrons. The van der Waals surface area contributed by atoms with Gasteiger partial charge in [0.25, 0.3) is 8.32 Å². The largest absolute Gasteiger partial charge is 0.407 e. The minimum absolute atomic E-state index is 0.0120. The summed E-state index contributed by atoms with van der Waals surface area (Å²) in [7, 11) is -4.85. The molecule has 4 unspecified atom stereocenters. The Morgan fingerprint density at radius 1 is 0.596 bits per heavy atom. The second kappa shape index (κ2) is 15.6. The molecule has 52 heavy (non-hydrogen) atoms. The van der Waals surface area contributed by atoms with Crippen molar-refractivity contribution in [3.63, 3.8) is 0 Å². The van der Waals surface area contributed by atoms with Gasteiger partial charge in [0.15, 0.2) is 0 Å². The lowest BCUT2D eigenvalue weighted by molar-refractivity contribution is 0.0129. The van der Waals surface area contributed by atoms with E-state index in [0.29, 0.717) is 23.3 Å². The van der Waals surface area contributed by atoms with Gasteiger partial charge in [-0.15, -0.1) is 0 Å². The maximum Gasteiger partial charge on any atom is 0.261 e. The van der Waals surface area contributed by atoms with Crippen LogP contribution in [0.25, 0.3) is 0 Å². The molecule has 0 N–H and O–H groups in total. The van der Waals surface area contributed by atoms with Gasteiger partial charge in [-0.3, -0.25) is 0 Å². The lowest BCUT2D eigenvalue weighted by Gasteiger charge is -2.52. The van der Waals surface area contributed by atoms with Crippen molar-refractivity contribution in [3.05, 3.63) is 121 Å². The Hall–Kier alpha value is -2.73. The number of hydrogen-bond donors (Lipinski definition) is 0. The highest BCUT2D eigenvalue weighted by atomic mass is 28.4. The second-order valence-electron chi connectivity index (χ2n) is 19.5. The van der Waals surface area contributed by atoms with Gasteiger partial charge in [-0.1, -0.05) is 228 Å². The molecule has 4 aromatic rings. The molecule has 0 aromatic heterocycles. The highest BCUT2D eigenvalue weighted by Gasteiger charge is 2.57.